The van der Waals surface area contributed by atoms with Crippen LogP contribution >= 0.6 is 0 Å². The van der Waals surface area contributed by atoms with Crippen LogP contribution in [-0.2, 0) is 0 Å². The number of hydrogen-bond acceptors (Lipinski definition) is 3. The fourth-order valence-corrected chi connectivity index (χ4v) is 2.54. The highest BCUT2D eigenvalue weighted by molar-refractivity contribution is 5.47. The maximum Gasteiger partial charge on any atom is 0.168 e. The summed E-state index contributed by atoms with van der Waals surface area (Å²) < 4.78 is 27.0. The molecular weight excluding hydrogens is 248 g/mol. The quantitative estimate of drug-likeness (QED) is 0.873. The Bertz CT molecular complexity index is 415. The van der Waals surface area contributed by atoms with E-state index in [-0.39, 0.29) is 17.7 Å². The highest BCUT2D eigenvalue weighted by Gasteiger charge is 2.16. The minimum absolute atomic E-state index is 0.0785. The maximum absolute atomic E-state index is 13.7. The van der Waals surface area contributed by atoms with Crippen molar-refractivity contribution in [1.82, 2.24) is 4.98 Å². The van der Waals surface area contributed by atoms with Gasteiger partial charge >= 0.3 is 0 Å². The van der Waals surface area contributed by atoms with Gasteiger partial charge in [-0.25, -0.2) is 13.8 Å². The molecule has 0 atom stereocenters. The largest absolute Gasteiger partial charge is 0.371 e. The summed E-state index contributed by atoms with van der Waals surface area (Å²) in [5.41, 5.74) is 0. The van der Waals surface area contributed by atoms with Gasteiger partial charge in [-0.2, -0.15) is 0 Å². The van der Waals surface area contributed by atoms with Crippen molar-refractivity contribution in [2.45, 2.75) is 51.0 Å². The summed E-state index contributed by atoms with van der Waals surface area (Å²) in [5.74, 6) is -1.06. The third kappa shape index (κ3) is 3.78. The van der Waals surface area contributed by atoms with Crippen LogP contribution in [0.15, 0.2) is 6.07 Å². The average Bonchev–Trinajstić information content (AvgIpc) is 2.35. The van der Waals surface area contributed by atoms with E-state index in [1.54, 1.807) is 7.05 Å². The van der Waals surface area contributed by atoms with E-state index in [1.165, 1.54) is 19.3 Å². The van der Waals surface area contributed by atoms with Crippen molar-refractivity contribution in [1.29, 1.82) is 0 Å². The zero-order valence-electron chi connectivity index (χ0n) is 11.3. The lowest BCUT2D eigenvalue weighted by Crippen LogP contribution is -2.22. The third-order valence-corrected chi connectivity index (χ3v) is 3.61. The molecule has 19 heavy (non-hydrogen) atoms. The van der Waals surface area contributed by atoms with Crippen LogP contribution < -0.4 is 10.6 Å². The van der Waals surface area contributed by atoms with Crippen LogP contribution in [0.25, 0.3) is 0 Å². The molecule has 0 bridgehead atoms. The Hall–Kier alpha value is -1.39. The highest BCUT2D eigenvalue weighted by Crippen LogP contribution is 2.23. The Kier molecular flexibility index (Phi) is 4.93. The smallest absolute Gasteiger partial charge is 0.168 e. The minimum Gasteiger partial charge on any atom is -0.371 e. The highest BCUT2D eigenvalue weighted by atomic mass is 19.1. The number of pyridine rings is 1. The summed E-state index contributed by atoms with van der Waals surface area (Å²) in [6.45, 7) is 0. The fourth-order valence-electron chi connectivity index (χ4n) is 2.54. The SMILES string of the molecule is CNc1nc(NC2CCCCCCC2)c(F)cc1F. The van der Waals surface area contributed by atoms with Gasteiger partial charge in [0.2, 0.25) is 0 Å². The van der Waals surface area contributed by atoms with E-state index in [9.17, 15) is 8.78 Å². The normalized spacial score (nSPS) is 17.6. The van der Waals surface area contributed by atoms with E-state index < -0.39 is 11.6 Å². The number of nitrogens with one attached hydrogen (secondary N) is 2. The lowest BCUT2D eigenvalue weighted by atomic mass is 9.97. The molecule has 1 aromatic heterocycles. The van der Waals surface area contributed by atoms with Crippen molar-refractivity contribution in [3.8, 4) is 0 Å². The fraction of sp³-hybridized carbons (Fsp3) is 0.643. The van der Waals surface area contributed by atoms with Crippen molar-refractivity contribution in [2.75, 3.05) is 17.7 Å². The molecular formula is C14H21F2N3. The molecule has 1 aliphatic rings. The van der Waals surface area contributed by atoms with Crippen molar-refractivity contribution in [3.05, 3.63) is 17.7 Å². The van der Waals surface area contributed by atoms with Gasteiger partial charge in [0.25, 0.3) is 0 Å². The van der Waals surface area contributed by atoms with Crippen LogP contribution in [0.5, 0.6) is 0 Å². The van der Waals surface area contributed by atoms with Crippen LogP contribution in [0.4, 0.5) is 20.4 Å². The second kappa shape index (κ2) is 6.68. The third-order valence-electron chi connectivity index (χ3n) is 3.61. The van der Waals surface area contributed by atoms with Crippen LogP contribution in [0.1, 0.15) is 44.9 Å². The molecule has 0 aliphatic heterocycles. The van der Waals surface area contributed by atoms with Crippen LogP contribution in [-0.4, -0.2) is 18.1 Å². The first kappa shape index (κ1) is 14.0. The molecule has 1 heterocycles. The second-order valence-corrected chi connectivity index (χ2v) is 5.09. The van der Waals surface area contributed by atoms with E-state index in [0.717, 1.165) is 31.7 Å². The van der Waals surface area contributed by atoms with Gasteiger partial charge in [0, 0.05) is 19.2 Å². The van der Waals surface area contributed by atoms with Crippen molar-refractivity contribution < 1.29 is 8.78 Å². The summed E-state index contributed by atoms with van der Waals surface area (Å²) in [6, 6.07) is 1.11. The molecule has 1 aromatic rings. The van der Waals surface area contributed by atoms with Gasteiger partial charge in [-0.3, -0.25) is 0 Å². The molecule has 0 unspecified atom stereocenters. The molecule has 1 aliphatic carbocycles. The zero-order chi connectivity index (χ0) is 13.7. The van der Waals surface area contributed by atoms with E-state index in [2.05, 4.69) is 15.6 Å². The molecule has 0 saturated heterocycles. The number of aromatic nitrogens is 1. The van der Waals surface area contributed by atoms with Gasteiger partial charge in [-0.05, 0) is 12.8 Å². The number of nitrogens with zero attached hydrogens (tertiary/aromatic N) is 1. The molecule has 0 radical (unpaired) electrons. The summed E-state index contributed by atoms with van der Waals surface area (Å²) >= 11 is 0. The summed E-state index contributed by atoms with van der Waals surface area (Å²) in [4.78, 5) is 3.97. The molecule has 3 nitrogen and oxygen atoms in total. The monoisotopic (exact) mass is 269 g/mol. The first-order valence-electron chi connectivity index (χ1n) is 7.01. The van der Waals surface area contributed by atoms with Gasteiger partial charge < -0.3 is 10.6 Å². The van der Waals surface area contributed by atoms with Gasteiger partial charge in [0.1, 0.15) is 0 Å². The van der Waals surface area contributed by atoms with Gasteiger partial charge in [-0.1, -0.05) is 32.1 Å². The molecule has 2 N–H and O–H groups in total. The Morgan fingerprint density at radius 1 is 1.00 bits per heavy atom. The topological polar surface area (TPSA) is 37.0 Å². The molecule has 0 spiro atoms. The van der Waals surface area contributed by atoms with Crippen LogP contribution in [0.3, 0.4) is 0 Å². The first-order valence-corrected chi connectivity index (χ1v) is 7.01. The number of hydrogen-bond donors (Lipinski definition) is 2. The van der Waals surface area contributed by atoms with Gasteiger partial charge in [0.15, 0.2) is 23.3 Å². The van der Waals surface area contributed by atoms with Gasteiger partial charge in [-0.15, -0.1) is 0 Å². The van der Waals surface area contributed by atoms with E-state index in [1.807, 2.05) is 0 Å². The molecule has 1 saturated carbocycles. The summed E-state index contributed by atoms with van der Waals surface area (Å²) in [5, 5.41) is 5.76. The molecule has 0 aromatic carbocycles. The number of rotatable bonds is 3. The molecule has 2 rings (SSSR count). The summed E-state index contributed by atoms with van der Waals surface area (Å²) in [6.07, 6.45) is 8.11. The number of anilines is 2. The summed E-state index contributed by atoms with van der Waals surface area (Å²) in [7, 11) is 1.57. The standard InChI is InChI=1S/C14H21F2N3/c1-17-13-11(15)9-12(16)14(19-13)18-10-7-5-3-2-4-6-8-10/h9-10H,2-8H2,1H3,(H2,17,18,19). The Morgan fingerprint density at radius 3 is 2.21 bits per heavy atom. The predicted molar refractivity (Wildman–Crippen MR) is 73.4 cm³/mol. The minimum atomic E-state index is -0.664. The molecule has 5 heteroatoms. The zero-order valence-corrected chi connectivity index (χ0v) is 11.3. The van der Waals surface area contributed by atoms with Crippen LogP contribution in [0.2, 0.25) is 0 Å². The van der Waals surface area contributed by atoms with E-state index >= 15 is 0 Å². The van der Waals surface area contributed by atoms with Crippen molar-refractivity contribution in [3.63, 3.8) is 0 Å². The maximum atomic E-state index is 13.7. The van der Waals surface area contributed by atoms with Crippen molar-refractivity contribution >= 4 is 11.6 Å². The average molecular weight is 269 g/mol. The molecule has 106 valence electrons. The van der Waals surface area contributed by atoms with Crippen LogP contribution in [0, 0.1) is 11.6 Å². The van der Waals surface area contributed by atoms with E-state index in [4.69, 9.17) is 0 Å². The van der Waals surface area contributed by atoms with Crippen molar-refractivity contribution in [2.24, 2.45) is 0 Å². The predicted octanol–water partition coefficient (Wildman–Crippen LogP) is 3.93. The molecule has 0 amide bonds. The molecule has 1 fully saturated rings. The lowest BCUT2D eigenvalue weighted by Gasteiger charge is -2.22. The Labute approximate surface area is 112 Å². The lowest BCUT2D eigenvalue weighted by molar-refractivity contribution is 0.468. The number of halogens is 2. The van der Waals surface area contributed by atoms with Gasteiger partial charge in [0.05, 0.1) is 0 Å². The Balaban J connectivity index is 2.08. The Morgan fingerprint density at radius 2 is 1.58 bits per heavy atom. The van der Waals surface area contributed by atoms with E-state index in [0.29, 0.717) is 0 Å². The first-order chi connectivity index (χ1) is 9.20. The second-order valence-electron chi connectivity index (χ2n) is 5.09.